The molecule has 3 rings (SSSR count). The van der Waals surface area contributed by atoms with E-state index in [0.29, 0.717) is 17.1 Å². The van der Waals surface area contributed by atoms with Crippen molar-refractivity contribution in [1.82, 2.24) is 25.2 Å². The average Bonchev–Trinajstić information content (AvgIpc) is 3.06. The Morgan fingerprint density at radius 3 is 3.11 bits per heavy atom. The van der Waals surface area contributed by atoms with Crippen LogP contribution in [0.1, 0.15) is 28.4 Å². The first-order valence-electron chi connectivity index (χ1n) is 6.06. The molecule has 0 aromatic carbocycles. The van der Waals surface area contributed by atoms with Crippen molar-refractivity contribution in [2.24, 2.45) is 0 Å². The van der Waals surface area contributed by atoms with Gasteiger partial charge in [-0.15, -0.1) is 12.4 Å². The predicted octanol–water partition coefficient (Wildman–Crippen LogP) is 0.588. The Morgan fingerprint density at radius 1 is 1.58 bits per heavy atom. The van der Waals surface area contributed by atoms with Gasteiger partial charge in [0.2, 0.25) is 0 Å². The Morgan fingerprint density at radius 2 is 2.42 bits per heavy atom. The molecule has 1 atom stereocenters. The molecule has 1 aliphatic rings. The molecule has 1 fully saturated rings. The van der Waals surface area contributed by atoms with Gasteiger partial charge < -0.3 is 10.6 Å². The quantitative estimate of drug-likeness (QED) is 0.845. The summed E-state index contributed by atoms with van der Waals surface area (Å²) in [6.07, 6.45) is 4.42. The topological polar surface area (TPSA) is 71.3 Å². The first-order chi connectivity index (χ1) is 8.81. The van der Waals surface area contributed by atoms with E-state index in [-0.39, 0.29) is 18.3 Å². The molecule has 102 valence electrons. The highest BCUT2D eigenvalue weighted by atomic mass is 35.5. The zero-order valence-corrected chi connectivity index (χ0v) is 11.4. The molecule has 0 aliphatic carbocycles. The van der Waals surface area contributed by atoms with E-state index in [9.17, 15) is 4.79 Å². The van der Waals surface area contributed by atoms with Crippen molar-refractivity contribution in [3.63, 3.8) is 0 Å². The molecular formula is C12H16ClN5O. The number of nitrogens with zero attached hydrogens (tertiary/aromatic N) is 3. The minimum atomic E-state index is -0.154. The largest absolute Gasteiger partial charge is 0.355 e. The molecule has 1 amide bonds. The number of rotatable bonds is 2. The van der Waals surface area contributed by atoms with E-state index in [2.05, 4.69) is 20.7 Å². The van der Waals surface area contributed by atoms with Gasteiger partial charge in [-0.05, 0) is 19.0 Å². The highest BCUT2D eigenvalue weighted by Crippen LogP contribution is 2.23. The highest BCUT2D eigenvalue weighted by Gasteiger charge is 2.21. The van der Waals surface area contributed by atoms with E-state index in [0.717, 1.165) is 25.2 Å². The van der Waals surface area contributed by atoms with Crippen LogP contribution in [0.3, 0.4) is 0 Å². The van der Waals surface area contributed by atoms with E-state index in [4.69, 9.17) is 0 Å². The first-order valence-corrected chi connectivity index (χ1v) is 6.06. The van der Waals surface area contributed by atoms with Crippen LogP contribution < -0.4 is 10.6 Å². The molecule has 1 saturated heterocycles. The summed E-state index contributed by atoms with van der Waals surface area (Å²) >= 11 is 0. The smallest absolute Gasteiger partial charge is 0.256 e. The van der Waals surface area contributed by atoms with Crippen molar-refractivity contribution in [3.05, 3.63) is 29.7 Å². The lowest BCUT2D eigenvalue weighted by atomic mass is 10.0. The molecule has 0 saturated carbocycles. The Balaban J connectivity index is 0.00000133. The van der Waals surface area contributed by atoms with Crippen molar-refractivity contribution >= 4 is 24.0 Å². The SMILES string of the molecule is CNC(=O)c1cnn2c(C3CCNC3)ccnc12.Cl. The number of amides is 1. The van der Waals surface area contributed by atoms with E-state index >= 15 is 0 Å². The molecule has 2 N–H and O–H groups in total. The highest BCUT2D eigenvalue weighted by molar-refractivity contribution is 5.99. The molecule has 7 heteroatoms. The van der Waals surface area contributed by atoms with Crippen molar-refractivity contribution in [3.8, 4) is 0 Å². The summed E-state index contributed by atoms with van der Waals surface area (Å²) in [5.41, 5.74) is 2.25. The van der Waals surface area contributed by atoms with Gasteiger partial charge in [0.15, 0.2) is 5.65 Å². The number of carbonyl (C=O) groups is 1. The van der Waals surface area contributed by atoms with Gasteiger partial charge in [0, 0.05) is 25.7 Å². The maximum atomic E-state index is 11.7. The second-order valence-corrected chi connectivity index (χ2v) is 4.43. The van der Waals surface area contributed by atoms with E-state index in [1.54, 1.807) is 24.0 Å². The minimum Gasteiger partial charge on any atom is -0.355 e. The summed E-state index contributed by atoms with van der Waals surface area (Å²) in [6, 6.07) is 1.98. The average molecular weight is 282 g/mol. The number of nitrogens with one attached hydrogen (secondary N) is 2. The van der Waals surface area contributed by atoms with Crippen LogP contribution in [0.4, 0.5) is 0 Å². The zero-order valence-electron chi connectivity index (χ0n) is 10.6. The number of hydrogen-bond donors (Lipinski definition) is 2. The van der Waals surface area contributed by atoms with Crippen LogP contribution in [-0.4, -0.2) is 40.6 Å². The monoisotopic (exact) mass is 281 g/mol. The Labute approximate surface area is 117 Å². The molecule has 0 bridgehead atoms. The Kier molecular flexibility index (Phi) is 4.01. The standard InChI is InChI=1S/C12H15N5O.ClH/c1-13-12(18)9-7-16-17-10(3-5-15-11(9)17)8-2-4-14-6-8;/h3,5,7-8,14H,2,4,6H2,1H3,(H,13,18);1H. The summed E-state index contributed by atoms with van der Waals surface area (Å²) in [6.45, 7) is 1.98. The van der Waals surface area contributed by atoms with Crippen LogP contribution in [0, 0.1) is 0 Å². The summed E-state index contributed by atoms with van der Waals surface area (Å²) in [5, 5.41) is 10.2. The lowest BCUT2D eigenvalue weighted by Crippen LogP contribution is -2.18. The van der Waals surface area contributed by atoms with E-state index in [1.807, 2.05) is 6.07 Å². The Hall–Kier alpha value is -1.66. The number of carbonyl (C=O) groups excluding carboxylic acids is 1. The first kappa shape index (κ1) is 13.8. The van der Waals surface area contributed by atoms with Crippen molar-refractivity contribution in [1.29, 1.82) is 0 Å². The van der Waals surface area contributed by atoms with Gasteiger partial charge >= 0.3 is 0 Å². The molecule has 2 aromatic rings. The maximum absolute atomic E-state index is 11.7. The Bertz CT molecular complexity index is 591. The van der Waals surface area contributed by atoms with Crippen molar-refractivity contribution in [2.45, 2.75) is 12.3 Å². The molecule has 3 heterocycles. The van der Waals surface area contributed by atoms with Crippen molar-refractivity contribution in [2.75, 3.05) is 20.1 Å². The van der Waals surface area contributed by atoms with Crippen LogP contribution in [0.25, 0.3) is 5.65 Å². The lowest BCUT2D eigenvalue weighted by Gasteiger charge is -2.10. The minimum absolute atomic E-state index is 0. The third kappa shape index (κ3) is 2.29. The maximum Gasteiger partial charge on any atom is 0.256 e. The predicted molar refractivity (Wildman–Crippen MR) is 73.9 cm³/mol. The number of aromatic nitrogens is 3. The van der Waals surface area contributed by atoms with E-state index in [1.165, 1.54) is 0 Å². The zero-order chi connectivity index (χ0) is 12.5. The fraction of sp³-hybridized carbons (Fsp3) is 0.417. The molecule has 19 heavy (non-hydrogen) atoms. The third-order valence-electron chi connectivity index (χ3n) is 3.38. The van der Waals surface area contributed by atoms with Crippen LogP contribution >= 0.6 is 12.4 Å². The number of halogens is 1. The van der Waals surface area contributed by atoms with Gasteiger partial charge in [-0.1, -0.05) is 0 Å². The van der Waals surface area contributed by atoms with E-state index < -0.39 is 0 Å². The number of hydrogen-bond acceptors (Lipinski definition) is 4. The second-order valence-electron chi connectivity index (χ2n) is 4.43. The summed E-state index contributed by atoms with van der Waals surface area (Å²) < 4.78 is 1.78. The molecule has 2 aromatic heterocycles. The van der Waals surface area contributed by atoms with Gasteiger partial charge in [0.1, 0.15) is 5.56 Å². The van der Waals surface area contributed by atoms with Crippen molar-refractivity contribution < 1.29 is 4.79 Å². The summed E-state index contributed by atoms with van der Waals surface area (Å²) in [5.74, 6) is 0.284. The molecule has 1 aliphatic heterocycles. The van der Waals surface area contributed by atoms with Gasteiger partial charge in [-0.3, -0.25) is 4.79 Å². The van der Waals surface area contributed by atoms with Gasteiger partial charge in [-0.2, -0.15) is 5.10 Å². The molecular weight excluding hydrogens is 266 g/mol. The van der Waals surface area contributed by atoms with Crippen LogP contribution in [0.2, 0.25) is 0 Å². The summed E-state index contributed by atoms with van der Waals surface area (Å²) in [7, 11) is 1.61. The normalized spacial score (nSPS) is 18.3. The molecule has 0 radical (unpaired) electrons. The summed E-state index contributed by atoms with van der Waals surface area (Å²) in [4.78, 5) is 16.0. The van der Waals surface area contributed by atoms with Crippen LogP contribution in [-0.2, 0) is 0 Å². The van der Waals surface area contributed by atoms with Gasteiger partial charge in [-0.25, -0.2) is 9.50 Å². The van der Waals surface area contributed by atoms with Crippen LogP contribution in [0.15, 0.2) is 18.5 Å². The lowest BCUT2D eigenvalue weighted by molar-refractivity contribution is 0.0964. The second kappa shape index (κ2) is 5.54. The molecule has 0 spiro atoms. The third-order valence-corrected chi connectivity index (χ3v) is 3.38. The van der Waals surface area contributed by atoms with Gasteiger partial charge in [0.25, 0.3) is 5.91 Å². The number of fused-ring (bicyclic) bond motifs is 1. The fourth-order valence-corrected chi connectivity index (χ4v) is 2.42. The molecule has 1 unspecified atom stereocenters. The fourth-order valence-electron chi connectivity index (χ4n) is 2.42. The molecule has 6 nitrogen and oxygen atoms in total. The van der Waals surface area contributed by atoms with Gasteiger partial charge in [0.05, 0.1) is 11.9 Å². The van der Waals surface area contributed by atoms with Crippen LogP contribution in [0.5, 0.6) is 0 Å².